The van der Waals surface area contributed by atoms with Crippen molar-refractivity contribution in [2.75, 3.05) is 33.8 Å². The van der Waals surface area contributed by atoms with Crippen molar-refractivity contribution in [3.8, 4) is 5.75 Å². The molecule has 2 unspecified atom stereocenters. The molecular formula is C35H45Cl3N4O2. The molecule has 0 aliphatic carbocycles. The van der Waals surface area contributed by atoms with Crippen LogP contribution in [0.15, 0.2) is 66.7 Å². The number of hydrogen-bond donors (Lipinski definition) is 2. The fourth-order valence-corrected chi connectivity index (χ4v) is 6.61. The van der Waals surface area contributed by atoms with Crippen LogP contribution in [0.3, 0.4) is 0 Å². The number of carbonyl (C=O) groups is 1. The molecule has 44 heavy (non-hydrogen) atoms. The molecule has 0 saturated carbocycles. The third-order valence-corrected chi connectivity index (χ3v) is 9.39. The number of likely N-dealkylation sites (tertiary alicyclic amines) is 1. The molecule has 2 N–H and O–H groups in total. The van der Waals surface area contributed by atoms with Gasteiger partial charge in [0.25, 0.3) is 5.91 Å². The van der Waals surface area contributed by atoms with E-state index in [9.17, 15) is 4.79 Å². The molecular weight excluding hydrogens is 615 g/mol. The minimum atomic E-state index is -1.24. The number of nitrogens with zero attached hydrogens (tertiary/aromatic N) is 2. The standard InChI is InChI=1S/C35H44Cl2N4O2.ClH/c1-7-43-30-22-25(34(2,3)4)12-17-29(30)35(33(42)41-20-18-28(19-21-41)40(5)6)38-31(23-8-13-26(36)14-9-23)32(39-35)24-10-15-27(37)16-11-24;/h8-17,22,28,31-32,38-39H,7,18-21H2,1-6H3;1H. The van der Waals surface area contributed by atoms with Crippen molar-refractivity contribution in [1.82, 2.24) is 20.4 Å². The van der Waals surface area contributed by atoms with E-state index in [2.05, 4.69) is 68.6 Å². The summed E-state index contributed by atoms with van der Waals surface area (Å²) in [6.45, 7) is 10.4. The highest BCUT2D eigenvalue weighted by Gasteiger charge is 2.54. The zero-order chi connectivity index (χ0) is 30.9. The molecule has 3 aromatic rings. The zero-order valence-corrected chi connectivity index (χ0v) is 28.8. The van der Waals surface area contributed by atoms with Crippen LogP contribution in [0.5, 0.6) is 5.75 Å². The van der Waals surface area contributed by atoms with Gasteiger partial charge in [0.1, 0.15) is 5.75 Å². The summed E-state index contributed by atoms with van der Waals surface area (Å²) in [6, 6.07) is 22.0. The zero-order valence-electron chi connectivity index (χ0n) is 26.5. The first kappa shape index (κ1) is 34.6. The topological polar surface area (TPSA) is 56.8 Å². The molecule has 9 heteroatoms. The molecule has 238 valence electrons. The van der Waals surface area contributed by atoms with Crippen LogP contribution < -0.4 is 15.4 Å². The van der Waals surface area contributed by atoms with E-state index >= 15 is 0 Å². The highest BCUT2D eigenvalue weighted by Crippen LogP contribution is 2.45. The highest BCUT2D eigenvalue weighted by atomic mass is 35.5. The van der Waals surface area contributed by atoms with Crippen LogP contribution in [-0.2, 0) is 15.9 Å². The number of hydrogen-bond acceptors (Lipinski definition) is 5. The SMILES string of the molecule is CCOc1cc(C(C)(C)C)ccc1C1(C(=O)N2CCC(N(C)C)CC2)NC(c2ccc(Cl)cc2)C(c2ccc(Cl)cc2)N1.Cl. The normalized spacial score (nSPS) is 22.6. The lowest BCUT2D eigenvalue weighted by Gasteiger charge is -2.41. The Bertz CT molecular complexity index is 1360. The molecule has 0 aromatic heterocycles. The summed E-state index contributed by atoms with van der Waals surface area (Å²) in [6.07, 6.45) is 1.86. The van der Waals surface area contributed by atoms with Crippen molar-refractivity contribution in [3.63, 3.8) is 0 Å². The predicted molar refractivity (Wildman–Crippen MR) is 183 cm³/mol. The van der Waals surface area contributed by atoms with Crippen LogP contribution in [0.2, 0.25) is 10.0 Å². The molecule has 2 aliphatic rings. The molecule has 2 atom stereocenters. The first-order valence-electron chi connectivity index (χ1n) is 15.2. The first-order chi connectivity index (χ1) is 20.4. The van der Waals surface area contributed by atoms with Crippen molar-refractivity contribution >= 4 is 41.5 Å². The smallest absolute Gasteiger partial charge is 0.262 e. The second-order valence-corrected chi connectivity index (χ2v) is 13.9. The Hall–Kier alpha value is -2.32. The fraction of sp³-hybridized carbons (Fsp3) is 0.457. The lowest BCUT2D eigenvalue weighted by atomic mass is 9.84. The lowest BCUT2D eigenvalue weighted by molar-refractivity contribution is -0.141. The molecule has 3 aromatic carbocycles. The Balaban J connectivity index is 0.00000442. The molecule has 0 bridgehead atoms. The first-order valence-corrected chi connectivity index (χ1v) is 16.0. The monoisotopic (exact) mass is 658 g/mol. The summed E-state index contributed by atoms with van der Waals surface area (Å²) in [5.74, 6) is 0.711. The molecule has 0 spiro atoms. The average Bonchev–Trinajstić information content (AvgIpc) is 3.39. The number of piperidine rings is 1. The van der Waals surface area contributed by atoms with Gasteiger partial charge in [-0.15, -0.1) is 12.4 Å². The number of ether oxygens (including phenoxy) is 1. The number of halogens is 3. The Labute approximate surface area is 278 Å². The van der Waals surface area contributed by atoms with E-state index in [1.807, 2.05) is 60.4 Å². The van der Waals surface area contributed by atoms with E-state index < -0.39 is 5.66 Å². The fourth-order valence-electron chi connectivity index (χ4n) is 6.36. The summed E-state index contributed by atoms with van der Waals surface area (Å²) in [5.41, 5.74) is 2.68. The number of nitrogens with one attached hydrogen (secondary N) is 2. The van der Waals surface area contributed by atoms with Crippen LogP contribution in [0.4, 0.5) is 0 Å². The molecule has 2 saturated heterocycles. The van der Waals surface area contributed by atoms with Crippen molar-refractivity contribution in [1.29, 1.82) is 0 Å². The quantitative estimate of drug-likeness (QED) is 0.275. The molecule has 2 fully saturated rings. The van der Waals surface area contributed by atoms with Gasteiger partial charge in [0, 0.05) is 34.7 Å². The van der Waals surface area contributed by atoms with Gasteiger partial charge in [-0.2, -0.15) is 0 Å². The third-order valence-electron chi connectivity index (χ3n) is 8.89. The number of rotatable bonds is 7. The van der Waals surface area contributed by atoms with Gasteiger partial charge in [0.05, 0.1) is 18.7 Å². The predicted octanol–water partition coefficient (Wildman–Crippen LogP) is 7.49. The van der Waals surface area contributed by atoms with Crippen LogP contribution in [0.25, 0.3) is 0 Å². The van der Waals surface area contributed by atoms with Gasteiger partial charge in [-0.05, 0) is 86.3 Å². The number of carbonyl (C=O) groups excluding carboxylic acids is 1. The molecule has 0 radical (unpaired) electrons. The largest absolute Gasteiger partial charge is 0.493 e. The van der Waals surface area contributed by atoms with E-state index in [0.717, 1.165) is 35.1 Å². The number of benzene rings is 3. The summed E-state index contributed by atoms with van der Waals surface area (Å²) in [5, 5.41) is 9.01. The Morgan fingerprint density at radius 3 is 1.84 bits per heavy atom. The molecule has 6 nitrogen and oxygen atoms in total. The van der Waals surface area contributed by atoms with E-state index in [-0.39, 0.29) is 35.8 Å². The summed E-state index contributed by atoms with van der Waals surface area (Å²) >= 11 is 12.6. The maximum absolute atomic E-state index is 15.0. The van der Waals surface area contributed by atoms with Gasteiger partial charge < -0.3 is 14.5 Å². The average molecular weight is 660 g/mol. The Morgan fingerprint density at radius 2 is 1.41 bits per heavy atom. The summed E-state index contributed by atoms with van der Waals surface area (Å²) in [7, 11) is 4.23. The van der Waals surface area contributed by atoms with Gasteiger partial charge in [-0.3, -0.25) is 15.4 Å². The minimum Gasteiger partial charge on any atom is -0.493 e. The van der Waals surface area contributed by atoms with Gasteiger partial charge >= 0.3 is 0 Å². The molecule has 2 heterocycles. The van der Waals surface area contributed by atoms with Gasteiger partial charge in [0.15, 0.2) is 5.66 Å². The summed E-state index contributed by atoms with van der Waals surface area (Å²) in [4.78, 5) is 19.3. The maximum Gasteiger partial charge on any atom is 0.262 e. The second kappa shape index (κ2) is 14.0. The van der Waals surface area contributed by atoms with Crippen molar-refractivity contribution in [2.24, 2.45) is 0 Å². The van der Waals surface area contributed by atoms with E-state index in [1.54, 1.807) is 0 Å². The second-order valence-electron chi connectivity index (χ2n) is 13.0. The van der Waals surface area contributed by atoms with Gasteiger partial charge in [-0.1, -0.05) is 80.4 Å². The maximum atomic E-state index is 15.0. The Kier molecular flexibility index (Phi) is 11.0. The summed E-state index contributed by atoms with van der Waals surface area (Å²) < 4.78 is 6.32. The van der Waals surface area contributed by atoms with Crippen LogP contribution in [0.1, 0.15) is 74.9 Å². The van der Waals surface area contributed by atoms with E-state index in [1.165, 1.54) is 0 Å². The van der Waals surface area contributed by atoms with Crippen molar-refractivity contribution in [3.05, 3.63) is 99.0 Å². The van der Waals surface area contributed by atoms with Crippen LogP contribution >= 0.6 is 35.6 Å². The molecule has 1 amide bonds. The van der Waals surface area contributed by atoms with Crippen LogP contribution in [-0.4, -0.2) is 55.5 Å². The lowest BCUT2D eigenvalue weighted by Crippen LogP contribution is -2.60. The molecule has 2 aliphatic heterocycles. The van der Waals surface area contributed by atoms with Crippen molar-refractivity contribution in [2.45, 2.75) is 69.7 Å². The third kappa shape index (κ3) is 7.06. The van der Waals surface area contributed by atoms with Crippen LogP contribution in [0, 0.1) is 0 Å². The number of amides is 1. The van der Waals surface area contributed by atoms with Crippen molar-refractivity contribution < 1.29 is 9.53 Å². The van der Waals surface area contributed by atoms with Gasteiger partial charge in [0.2, 0.25) is 0 Å². The molecule has 5 rings (SSSR count). The van der Waals surface area contributed by atoms with Gasteiger partial charge in [-0.25, -0.2) is 0 Å². The minimum absolute atomic E-state index is 0. The Morgan fingerprint density at radius 1 is 0.909 bits per heavy atom. The van der Waals surface area contributed by atoms with E-state index in [4.69, 9.17) is 27.9 Å². The highest BCUT2D eigenvalue weighted by molar-refractivity contribution is 6.30. The van der Waals surface area contributed by atoms with E-state index in [0.29, 0.717) is 41.5 Å².